The Balaban J connectivity index is 1.62. The molecule has 3 rings (SSSR count). The minimum Gasteiger partial charge on any atom is -0.302 e. The Labute approximate surface area is 159 Å². The summed E-state index contributed by atoms with van der Waals surface area (Å²) in [5, 5.41) is 5.94. The van der Waals surface area contributed by atoms with Gasteiger partial charge in [-0.25, -0.2) is 18.4 Å². The Hall–Kier alpha value is -2.10. The zero-order chi connectivity index (χ0) is 18.7. The molecule has 1 aromatic carbocycles. The van der Waals surface area contributed by atoms with Crippen LogP contribution in [-0.4, -0.2) is 30.0 Å². The minimum atomic E-state index is -3.47. The zero-order valence-electron chi connectivity index (χ0n) is 14.2. The van der Waals surface area contributed by atoms with Crippen LogP contribution < -0.4 is 5.32 Å². The molecule has 0 spiro atoms. The fourth-order valence-electron chi connectivity index (χ4n) is 2.36. The Bertz CT molecular complexity index is 1020. The first-order valence-electron chi connectivity index (χ1n) is 7.83. The van der Waals surface area contributed by atoms with E-state index in [1.165, 1.54) is 23.5 Å². The summed E-state index contributed by atoms with van der Waals surface area (Å²) >= 11 is 2.86. The van der Waals surface area contributed by atoms with Gasteiger partial charge < -0.3 is 5.32 Å². The number of rotatable bonds is 6. The molecule has 2 heterocycles. The largest absolute Gasteiger partial charge is 0.302 e. The Kier molecular flexibility index (Phi) is 5.49. The molecule has 1 N–H and O–H groups in total. The molecule has 136 valence electrons. The average molecular weight is 408 g/mol. The molecule has 0 saturated carbocycles. The Morgan fingerprint density at radius 2 is 1.88 bits per heavy atom. The lowest BCUT2D eigenvalue weighted by molar-refractivity contribution is -0.115. The van der Waals surface area contributed by atoms with E-state index in [1.807, 2.05) is 19.2 Å². The molecule has 6 nitrogen and oxygen atoms in total. The van der Waals surface area contributed by atoms with E-state index in [0.717, 1.165) is 21.3 Å². The van der Waals surface area contributed by atoms with Crippen LogP contribution in [0.3, 0.4) is 0 Å². The molecule has 0 saturated heterocycles. The lowest BCUT2D eigenvalue weighted by atomic mass is 10.3. The van der Waals surface area contributed by atoms with E-state index >= 15 is 0 Å². The van der Waals surface area contributed by atoms with Gasteiger partial charge in [-0.2, -0.15) is 0 Å². The first kappa shape index (κ1) is 18.7. The quantitative estimate of drug-likeness (QED) is 0.673. The molecule has 0 radical (unpaired) electrons. The molecular weight excluding hydrogens is 390 g/mol. The van der Waals surface area contributed by atoms with E-state index < -0.39 is 9.84 Å². The maximum absolute atomic E-state index is 12.2. The van der Waals surface area contributed by atoms with E-state index in [0.29, 0.717) is 5.13 Å². The van der Waals surface area contributed by atoms with Crippen molar-refractivity contribution in [3.63, 3.8) is 0 Å². The molecule has 2 aromatic heterocycles. The van der Waals surface area contributed by atoms with Gasteiger partial charge in [-0.1, -0.05) is 18.2 Å². The second kappa shape index (κ2) is 7.65. The lowest BCUT2D eigenvalue weighted by Crippen LogP contribution is -2.17. The number of nitrogens with one attached hydrogen (secondary N) is 1. The van der Waals surface area contributed by atoms with Crippen LogP contribution in [0.4, 0.5) is 5.13 Å². The van der Waals surface area contributed by atoms with Gasteiger partial charge in [0.25, 0.3) is 0 Å². The molecule has 26 heavy (non-hydrogen) atoms. The van der Waals surface area contributed by atoms with Crippen molar-refractivity contribution in [2.24, 2.45) is 0 Å². The van der Waals surface area contributed by atoms with Crippen LogP contribution in [0.5, 0.6) is 0 Å². The van der Waals surface area contributed by atoms with Crippen molar-refractivity contribution in [2.75, 3.05) is 11.1 Å². The second-order valence-electron chi connectivity index (χ2n) is 5.62. The fraction of sp³-hybridized carbons (Fsp3) is 0.235. The van der Waals surface area contributed by atoms with Crippen LogP contribution in [0.2, 0.25) is 0 Å². The molecule has 0 aliphatic heterocycles. The normalized spacial score (nSPS) is 11.5. The van der Waals surface area contributed by atoms with Crippen LogP contribution in [0, 0.1) is 13.8 Å². The number of thiazole rings is 2. The number of sulfone groups is 1. The number of carbonyl (C=O) groups is 1. The van der Waals surface area contributed by atoms with Crippen molar-refractivity contribution in [3.8, 4) is 10.6 Å². The summed E-state index contributed by atoms with van der Waals surface area (Å²) in [4.78, 5) is 22.1. The standard InChI is InChI=1S/C17H17N3O3S3/c1-11-16(25-12(2)18-11)14-10-24-17(19-14)20-15(21)8-9-26(22,23)13-6-4-3-5-7-13/h3-7,10H,8-9H2,1-2H3,(H,19,20,21). The van der Waals surface area contributed by atoms with Crippen molar-refractivity contribution in [3.05, 3.63) is 46.4 Å². The molecule has 9 heteroatoms. The molecule has 0 aliphatic carbocycles. The third-order valence-electron chi connectivity index (χ3n) is 3.59. The van der Waals surface area contributed by atoms with E-state index in [-0.39, 0.29) is 23.0 Å². The third-order valence-corrected chi connectivity index (χ3v) is 7.17. The number of aryl methyl sites for hydroxylation is 2. The van der Waals surface area contributed by atoms with Gasteiger partial charge in [0.2, 0.25) is 5.91 Å². The van der Waals surface area contributed by atoms with Crippen LogP contribution in [0.15, 0.2) is 40.6 Å². The van der Waals surface area contributed by atoms with Crippen molar-refractivity contribution in [1.29, 1.82) is 0 Å². The number of hydrogen-bond acceptors (Lipinski definition) is 7. The molecule has 0 aliphatic rings. The topological polar surface area (TPSA) is 89.0 Å². The Morgan fingerprint density at radius 3 is 2.54 bits per heavy atom. The van der Waals surface area contributed by atoms with Gasteiger partial charge in [-0.3, -0.25) is 4.79 Å². The van der Waals surface area contributed by atoms with Gasteiger partial charge in [0.1, 0.15) is 0 Å². The second-order valence-corrected chi connectivity index (χ2v) is 9.79. The van der Waals surface area contributed by atoms with Crippen molar-refractivity contribution in [1.82, 2.24) is 9.97 Å². The van der Waals surface area contributed by atoms with Gasteiger partial charge in [0, 0.05) is 11.8 Å². The SMILES string of the molecule is Cc1nc(C)c(-c2csc(NC(=O)CCS(=O)(=O)c3ccccc3)n2)s1. The molecule has 0 fully saturated rings. The molecular formula is C17H17N3O3S3. The number of carbonyl (C=O) groups excluding carboxylic acids is 1. The van der Waals surface area contributed by atoms with Gasteiger partial charge in [0.05, 0.1) is 31.9 Å². The van der Waals surface area contributed by atoms with Gasteiger partial charge in [-0.15, -0.1) is 22.7 Å². The lowest BCUT2D eigenvalue weighted by Gasteiger charge is -2.04. The van der Waals surface area contributed by atoms with Crippen LogP contribution >= 0.6 is 22.7 Å². The number of aromatic nitrogens is 2. The van der Waals surface area contributed by atoms with Gasteiger partial charge in [0.15, 0.2) is 15.0 Å². The molecule has 3 aromatic rings. The predicted octanol–water partition coefficient (Wildman–Crippen LogP) is 3.69. The van der Waals surface area contributed by atoms with E-state index in [1.54, 1.807) is 29.5 Å². The predicted molar refractivity (Wildman–Crippen MR) is 104 cm³/mol. The number of hydrogen-bond donors (Lipinski definition) is 1. The summed E-state index contributed by atoms with van der Waals surface area (Å²) in [6.07, 6.45) is -0.120. The van der Waals surface area contributed by atoms with Gasteiger partial charge in [-0.05, 0) is 26.0 Å². The fourth-order valence-corrected chi connectivity index (χ4v) is 5.29. The zero-order valence-corrected chi connectivity index (χ0v) is 16.7. The third kappa shape index (κ3) is 4.35. The number of anilines is 1. The van der Waals surface area contributed by atoms with Gasteiger partial charge >= 0.3 is 0 Å². The first-order valence-corrected chi connectivity index (χ1v) is 11.2. The Morgan fingerprint density at radius 1 is 1.15 bits per heavy atom. The number of benzene rings is 1. The number of nitrogens with zero attached hydrogens (tertiary/aromatic N) is 2. The highest BCUT2D eigenvalue weighted by Gasteiger charge is 2.17. The summed E-state index contributed by atoms with van der Waals surface area (Å²) in [7, 11) is -3.47. The summed E-state index contributed by atoms with van der Waals surface area (Å²) in [6.45, 7) is 3.86. The van der Waals surface area contributed by atoms with Crippen molar-refractivity contribution >= 4 is 43.5 Å². The highest BCUT2D eigenvalue weighted by molar-refractivity contribution is 7.91. The van der Waals surface area contributed by atoms with Crippen LogP contribution in [-0.2, 0) is 14.6 Å². The molecule has 0 bridgehead atoms. The molecule has 0 unspecified atom stereocenters. The highest BCUT2D eigenvalue weighted by atomic mass is 32.2. The monoisotopic (exact) mass is 407 g/mol. The van der Waals surface area contributed by atoms with E-state index in [4.69, 9.17) is 0 Å². The molecule has 0 atom stereocenters. The van der Waals surface area contributed by atoms with Crippen LogP contribution in [0.25, 0.3) is 10.6 Å². The summed E-state index contributed by atoms with van der Waals surface area (Å²) in [5.41, 5.74) is 1.68. The van der Waals surface area contributed by atoms with Crippen molar-refractivity contribution in [2.45, 2.75) is 25.2 Å². The molecule has 1 amide bonds. The smallest absolute Gasteiger partial charge is 0.227 e. The minimum absolute atomic E-state index is 0.120. The number of amides is 1. The first-order chi connectivity index (χ1) is 12.3. The van der Waals surface area contributed by atoms with E-state index in [9.17, 15) is 13.2 Å². The highest BCUT2D eigenvalue weighted by Crippen LogP contribution is 2.32. The van der Waals surface area contributed by atoms with Crippen LogP contribution in [0.1, 0.15) is 17.1 Å². The summed E-state index contributed by atoms with van der Waals surface area (Å²) in [5.74, 6) is -0.614. The average Bonchev–Trinajstić information content (AvgIpc) is 3.19. The van der Waals surface area contributed by atoms with Crippen molar-refractivity contribution < 1.29 is 13.2 Å². The maximum atomic E-state index is 12.2. The summed E-state index contributed by atoms with van der Waals surface area (Å²) in [6, 6.07) is 8.12. The maximum Gasteiger partial charge on any atom is 0.227 e. The summed E-state index contributed by atoms with van der Waals surface area (Å²) < 4.78 is 24.4. The van der Waals surface area contributed by atoms with E-state index in [2.05, 4.69) is 15.3 Å².